The molecular formula is C22H34N6O4S. The highest BCUT2D eigenvalue weighted by atomic mass is 32.2. The topological polar surface area (TPSA) is 154 Å². The van der Waals surface area contributed by atoms with Gasteiger partial charge in [0.15, 0.2) is 5.96 Å². The summed E-state index contributed by atoms with van der Waals surface area (Å²) in [4.78, 5) is 28.8. The van der Waals surface area contributed by atoms with Gasteiger partial charge in [0.05, 0.1) is 6.26 Å². The first-order chi connectivity index (χ1) is 15.6. The summed E-state index contributed by atoms with van der Waals surface area (Å²) in [5, 5.41) is 7.60. The minimum absolute atomic E-state index is 0.0112. The van der Waals surface area contributed by atoms with Crippen LogP contribution in [-0.4, -0.2) is 84.8 Å². The van der Waals surface area contributed by atoms with Crippen LogP contribution >= 0.6 is 0 Å². The number of benzene rings is 1. The molecule has 2 atom stereocenters. The van der Waals surface area contributed by atoms with Gasteiger partial charge in [-0.25, -0.2) is 8.42 Å². The molecule has 2 amide bonds. The molecule has 182 valence electrons. The van der Waals surface area contributed by atoms with E-state index in [0.717, 1.165) is 11.8 Å². The number of sulfonamides is 1. The van der Waals surface area contributed by atoms with Gasteiger partial charge in [0.1, 0.15) is 12.1 Å². The molecule has 0 aromatic heterocycles. The summed E-state index contributed by atoms with van der Waals surface area (Å²) in [5.74, 6) is -0.905. The Morgan fingerprint density at radius 1 is 1.12 bits per heavy atom. The summed E-state index contributed by atoms with van der Waals surface area (Å²) in [5.41, 5.74) is 11.9. The molecule has 0 unspecified atom stereocenters. The maximum Gasteiger partial charge on any atom is 0.242 e. The van der Waals surface area contributed by atoms with Gasteiger partial charge in [-0.1, -0.05) is 30.3 Å². The Labute approximate surface area is 195 Å². The fourth-order valence-corrected chi connectivity index (χ4v) is 5.88. The molecule has 3 rings (SSSR count). The van der Waals surface area contributed by atoms with Crippen molar-refractivity contribution in [2.45, 2.75) is 44.2 Å². The van der Waals surface area contributed by atoms with Crippen LogP contribution < -0.4 is 11.5 Å². The van der Waals surface area contributed by atoms with Crippen molar-refractivity contribution in [3.63, 3.8) is 0 Å². The molecule has 2 fully saturated rings. The minimum Gasteiger partial charge on any atom is -0.370 e. The molecule has 10 nitrogen and oxygen atoms in total. The van der Waals surface area contributed by atoms with Crippen molar-refractivity contribution in [1.29, 1.82) is 5.41 Å². The second kappa shape index (κ2) is 10.5. The Bertz CT molecular complexity index is 962. The first kappa shape index (κ1) is 25.0. The number of nitrogens with two attached hydrogens (primary N) is 2. The molecule has 0 aliphatic carbocycles. The monoisotopic (exact) mass is 478 g/mol. The standard InChI is InChI=1S/C22H34N6O4S/c1-33(31,32)28(15-17-9-12-26(13-10-17)22(24)25)19(14-16-6-3-2-4-7-16)21(30)27-11-5-8-18(27)20(23)29/h2-4,6-7,17-19H,5,8-15H2,1H3,(H2,23,29)(H3,24,25)/t18-,19+/m0/s1. The van der Waals surface area contributed by atoms with Gasteiger partial charge in [-0.2, -0.15) is 4.31 Å². The van der Waals surface area contributed by atoms with Crippen LogP contribution in [0.5, 0.6) is 0 Å². The van der Waals surface area contributed by atoms with Crippen LogP contribution in [-0.2, 0) is 26.0 Å². The Balaban J connectivity index is 1.88. The number of hydrogen-bond acceptors (Lipinski definition) is 5. The number of primary amides is 1. The SMILES string of the molecule is CS(=O)(=O)N(CC1CCN(C(=N)N)CC1)[C@H](Cc1ccccc1)C(=O)N1CCC[C@H]1C(N)=O. The molecule has 33 heavy (non-hydrogen) atoms. The van der Waals surface area contributed by atoms with E-state index in [4.69, 9.17) is 16.9 Å². The average molecular weight is 479 g/mol. The first-order valence-corrected chi connectivity index (χ1v) is 13.1. The van der Waals surface area contributed by atoms with E-state index in [1.54, 1.807) is 4.90 Å². The van der Waals surface area contributed by atoms with Crippen molar-refractivity contribution in [2.75, 3.05) is 32.4 Å². The maximum atomic E-state index is 13.7. The lowest BCUT2D eigenvalue weighted by atomic mass is 9.95. The van der Waals surface area contributed by atoms with Crippen molar-refractivity contribution in [3.05, 3.63) is 35.9 Å². The zero-order valence-corrected chi connectivity index (χ0v) is 19.8. The van der Waals surface area contributed by atoms with E-state index in [-0.39, 0.29) is 30.8 Å². The Kier molecular flexibility index (Phi) is 7.96. The molecule has 11 heteroatoms. The van der Waals surface area contributed by atoms with E-state index in [1.165, 1.54) is 9.21 Å². The van der Waals surface area contributed by atoms with Gasteiger partial charge in [0, 0.05) is 26.2 Å². The number of rotatable bonds is 8. The second-order valence-electron chi connectivity index (χ2n) is 8.95. The number of carbonyl (C=O) groups excluding carboxylic acids is 2. The summed E-state index contributed by atoms with van der Waals surface area (Å²) in [7, 11) is -3.74. The number of carbonyl (C=O) groups is 2. The molecule has 1 aromatic carbocycles. The number of nitrogens with zero attached hydrogens (tertiary/aromatic N) is 3. The highest BCUT2D eigenvalue weighted by Crippen LogP contribution is 2.26. The largest absolute Gasteiger partial charge is 0.370 e. The lowest BCUT2D eigenvalue weighted by Crippen LogP contribution is -2.56. The van der Waals surface area contributed by atoms with Crippen molar-refractivity contribution in [1.82, 2.24) is 14.1 Å². The van der Waals surface area contributed by atoms with Crippen LogP contribution in [0.2, 0.25) is 0 Å². The van der Waals surface area contributed by atoms with Crippen molar-refractivity contribution in [2.24, 2.45) is 17.4 Å². The number of nitrogens with one attached hydrogen (secondary N) is 1. The number of piperidine rings is 1. The zero-order valence-electron chi connectivity index (χ0n) is 19.0. The average Bonchev–Trinajstić information content (AvgIpc) is 3.26. The number of hydrogen-bond donors (Lipinski definition) is 3. The van der Waals surface area contributed by atoms with E-state index in [9.17, 15) is 18.0 Å². The van der Waals surface area contributed by atoms with Crippen molar-refractivity contribution in [3.8, 4) is 0 Å². The highest BCUT2D eigenvalue weighted by Gasteiger charge is 2.41. The predicted molar refractivity (Wildman–Crippen MR) is 126 cm³/mol. The summed E-state index contributed by atoms with van der Waals surface area (Å²) in [6.45, 7) is 1.73. The Hall–Kier alpha value is -2.66. The van der Waals surface area contributed by atoms with Gasteiger partial charge in [-0.05, 0) is 43.6 Å². The van der Waals surface area contributed by atoms with Crippen LogP contribution in [0.4, 0.5) is 0 Å². The zero-order chi connectivity index (χ0) is 24.2. The third-order valence-electron chi connectivity index (χ3n) is 6.59. The third-order valence-corrected chi connectivity index (χ3v) is 7.84. The third kappa shape index (κ3) is 6.23. The lowest BCUT2D eigenvalue weighted by molar-refractivity contribution is -0.140. The van der Waals surface area contributed by atoms with Gasteiger partial charge in [0.2, 0.25) is 21.8 Å². The van der Waals surface area contributed by atoms with Crippen LogP contribution in [0.15, 0.2) is 30.3 Å². The van der Waals surface area contributed by atoms with Crippen LogP contribution in [0.25, 0.3) is 0 Å². The first-order valence-electron chi connectivity index (χ1n) is 11.3. The summed E-state index contributed by atoms with van der Waals surface area (Å²) in [6.07, 6.45) is 3.82. The quantitative estimate of drug-likeness (QED) is 0.351. The van der Waals surface area contributed by atoms with Crippen LogP contribution in [0.1, 0.15) is 31.2 Å². The van der Waals surface area contributed by atoms with Gasteiger partial charge in [-0.3, -0.25) is 15.0 Å². The molecule has 1 aromatic rings. The lowest BCUT2D eigenvalue weighted by Gasteiger charge is -2.38. The molecule has 0 radical (unpaired) electrons. The molecule has 0 spiro atoms. The number of amides is 2. The normalized spacial score (nSPS) is 20.7. The van der Waals surface area contributed by atoms with Crippen molar-refractivity contribution >= 4 is 27.8 Å². The van der Waals surface area contributed by atoms with Crippen LogP contribution in [0, 0.1) is 11.3 Å². The van der Waals surface area contributed by atoms with Crippen molar-refractivity contribution < 1.29 is 18.0 Å². The molecule has 0 bridgehead atoms. The summed E-state index contributed by atoms with van der Waals surface area (Å²) >= 11 is 0. The summed E-state index contributed by atoms with van der Waals surface area (Å²) in [6, 6.07) is 7.61. The minimum atomic E-state index is -3.74. The number of likely N-dealkylation sites (tertiary alicyclic amines) is 2. The molecule has 2 heterocycles. The number of guanidine groups is 1. The van der Waals surface area contributed by atoms with Gasteiger partial charge >= 0.3 is 0 Å². The molecular weight excluding hydrogens is 444 g/mol. The van der Waals surface area contributed by atoms with Crippen LogP contribution in [0.3, 0.4) is 0 Å². The fourth-order valence-electron chi connectivity index (χ4n) is 4.77. The van der Waals surface area contributed by atoms with E-state index in [1.807, 2.05) is 30.3 Å². The van der Waals surface area contributed by atoms with E-state index >= 15 is 0 Å². The molecule has 2 aliphatic rings. The highest BCUT2D eigenvalue weighted by molar-refractivity contribution is 7.88. The Morgan fingerprint density at radius 3 is 2.30 bits per heavy atom. The molecule has 0 saturated carbocycles. The fraction of sp³-hybridized carbons (Fsp3) is 0.591. The molecule has 2 saturated heterocycles. The van der Waals surface area contributed by atoms with Gasteiger partial charge < -0.3 is 21.3 Å². The second-order valence-corrected chi connectivity index (χ2v) is 10.9. The molecule has 2 aliphatic heterocycles. The van der Waals surface area contributed by atoms with E-state index in [2.05, 4.69) is 0 Å². The summed E-state index contributed by atoms with van der Waals surface area (Å²) < 4.78 is 27.2. The smallest absolute Gasteiger partial charge is 0.242 e. The molecule has 5 N–H and O–H groups in total. The Morgan fingerprint density at radius 2 is 1.76 bits per heavy atom. The van der Waals surface area contributed by atoms with Gasteiger partial charge in [-0.15, -0.1) is 0 Å². The van der Waals surface area contributed by atoms with E-state index < -0.39 is 28.0 Å². The van der Waals surface area contributed by atoms with Gasteiger partial charge in [0.25, 0.3) is 0 Å². The van der Waals surface area contributed by atoms with E-state index in [0.29, 0.717) is 45.3 Å². The predicted octanol–water partition coefficient (Wildman–Crippen LogP) is -0.0589. The maximum absolute atomic E-state index is 13.7.